The number of carbonyl (C=O) groups excluding carboxylic acids is 1. The van der Waals surface area contributed by atoms with Gasteiger partial charge in [0.25, 0.3) is 0 Å². The van der Waals surface area contributed by atoms with Crippen molar-refractivity contribution in [3.63, 3.8) is 0 Å². The maximum atomic E-state index is 13.0. The second-order valence-electron chi connectivity index (χ2n) is 9.84. The van der Waals surface area contributed by atoms with E-state index in [-0.39, 0.29) is 29.4 Å². The van der Waals surface area contributed by atoms with Gasteiger partial charge in [0, 0.05) is 47.6 Å². The zero-order valence-corrected chi connectivity index (χ0v) is 20.0. The van der Waals surface area contributed by atoms with E-state index < -0.39 is 15.4 Å². The van der Waals surface area contributed by atoms with Gasteiger partial charge in [-0.2, -0.15) is 10.2 Å². The van der Waals surface area contributed by atoms with Crippen molar-refractivity contribution in [1.29, 1.82) is 0 Å². The van der Waals surface area contributed by atoms with Crippen molar-refractivity contribution in [3.8, 4) is 16.9 Å². The molecule has 1 N–H and O–H groups in total. The van der Waals surface area contributed by atoms with Crippen molar-refractivity contribution in [2.75, 3.05) is 11.5 Å². The molecule has 1 saturated heterocycles. The van der Waals surface area contributed by atoms with Gasteiger partial charge >= 0.3 is 0 Å². The van der Waals surface area contributed by atoms with Gasteiger partial charge in [-0.25, -0.2) is 13.1 Å². The summed E-state index contributed by atoms with van der Waals surface area (Å²) >= 11 is 0. The van der Waals surface area contributed by atoms with Crippen LogP contribution in [0.15, 0.2) is 42.7 Å². The molecule has 1 atom stereocenters. The van der Waals surface area contributed by atoms with Gasteiger partial charge < -0.3 is 5.32 Å². The van der Waals surface area contributed by atoms with Gasteiger partial charge in [-0.1, -0.05) is 12.1 Å². The fourth-order valence-electron chi connectivity index (χ4n) is 5.14. The fraction of sp³-hybridized carbons (Fsp3) is 0.458. The van der Waals surface area contributed by atoms with Crippen LogP contribution in [-0.4, -0.2) is 50.9 Å². The largest absolute Gasteiger partial charge is 0.349 e. The number of aromatic nitrogens is 4. The Kier molecular flexibility index (Phi) is 5.19. The number of fused-ring (bicyclic) bond motifs is 1. The second-order valence-corrected chi connectivity index (χ2v) is 11.9. The van der Waals surface area contributed by atoms with Crippen LogP contribution in [0.25, 0.3) is 16.9 Å². The summed E-state index contributed by atoms with van der Waals surface area (Å²) < 4.78 is 27.1. The summed E-state index contributed by atoms with van der Waals surface area (Å²) in [6, 6.07) is 10.3. The highest BCUT2D eigenvalue weighted by molar-refractivity contribution is 7.93. The SMILES string of the molecule is CC(C)n1nc(-c2cccc(-n3cccn3)c2)c2c1C[C@H](C(=O)NC1(C)CS(=O)(=O)C1)CC2. The molecule has 0 spiro atoms. The maximum absolute atomic E-state index is 13.0. The lowest BCUT2D eigenvalue weighted by Gasteiger charge is -2.39. The van der Waals surface area contributed by atoms with E-state index in [9.17, 15) is 13.2 Å². The van der Waals surface area contributed by atoms with Crippen molar-refractivity contribution in [3.05, 3.63) is 54.0 Å². The maximum Gasteiger partial charge on any atom is 0.223 e. The molecular formula is C24H29N5O3S. The highest BCUT2D eigenvalue weighted by Gasteiger charge is 2.46. The molecule has 9 heteroatoms. The van der Waals surface area contributed by atoms with Gasteiger partial charge in [0.05, 0.1) is 28.4 Å². The molecule has 3 heterocycles. The first-order chi connectivity index (χ1) is 15.6. The first-order valence-corrected chi connectivity index (χ1v) is 13.2. The third-order valence-corrected chi connectivity index (χ3v) is 8.71. The Morgan fingerprint density at radius 2 is 2.03 bits per heavy atom. The van der Waals surface area contributed by atoms with Crippen molar-refractivity contribution in [2.24, 2.45) is 5.92 Å². The highest BCUT2D eigenvalue weighted by Crippen LogP contribution is 2.36. The van der Waals surface area contributed by atoms with Crippen LogP contribution in [0.5, 0.6) is 0 Å². The molecule has 174 valence electrons. The minimum atomic E-state index is -3.01. The molecule has 1 aliphatic heterocycles. The third kappa shape index (κ3) is 4.10. The van der Waals surface area contributed by atoms with E-state index in [1.165, 1.54) is 5.56 Å². The Morgan fingerprint density at radius 3 is 2.70 bits per heavy atom. The van der Waals surface area contributed by atoms with Gasteiger partial charge in [-0.15, -0.1) is 0 Å². The van der Waals surface area contributed by atoms with E-state index in [1.807, 2.05) is 40.7 Å². The summed E-state index contributed by atoms with van der Waals surface area (Å²) in [6.45, 7) is 6.01. The number of hydrogen-bond acceptors (Lipinski definition) is 5. The van der Waals surface area contributed by atoms with Crippen LogP contribution in [0.4, 0.5) is 0 Å². The Labute approximate surface area is 193 Å². The van der Waals surface area contributed by atoms with E-state index in [1.54, 1.807) is 6.20 Å². The number of sulfone groups is 1. The number of carbonyl (C=O) groups is 1. The van der Waals surface area contributed by atoms with Crippen LogP contribution in [0.3, 0.4) is 0 Å². The zero-order chi connectivity index (χ0) is 23.4. The first-order valence-electron chi connectivity index (χ1n) is 11.4. The smallest absolute Gasteiger partial charge is 0.223 e. The normalized spacial score (nSPS) is 20.8. The highest BCUT2D eigenvalue weighted by atomic mass is 32.2. The fourth-order valence-corrected chi connectivity index (χ4v) is 7.14. The average Bonchev–Trinajstić information content (AvgIpc) is 3.40. The molecule has 2 aromatic heterocycles. The summed E-state index contributed by atoms with van der Waals surface area (Å²) in [6.07, 6.45) is 5.76. The van der Waals surface area contributed by atoms with E-state index in [0.29, 0.717) is 6.42 Å². The number of nitrogens with zero attached hydrogens (tertiary/aromatic N) is 4. The standard InChI is InChI=1S/C24H29N5O3S/c1-16(2)29-21-13-18(23(30)26-24(3)14-33(31,32)15-24)8-9-20(21)22(27-29)17-6-4-7-19(12-17)28-11-5-10-25-28/h4-7,10-12,16,18H,8-9,13-15H2,1-3H3,(H,26,30)/t18-/m1/s1. The van der Waals surface area contributed by atoms with Crippen molar-refractivity contribution >= 4 is 15.7 Å². The lowest BCUT2D eigenvalue weighted by Crippen LogP contribution is -2.64. The van der Waals surface area contributed by atoms with E-state index in [2.05, 4.69) is 36.4 Å². The summed E-state index contributed by atoms with van der Waals surface area (Å²) in [7, 11) is -3.01. The Bertz CT molecular complexity index is 1300. The summed E-state index contributed by atoms with van der Waals surface area (Å²) in [5, 5.41) is 12.3. The summed E-state index contributed by atoms with van der Waals surface area (Å²) in [5.41, 5.74) is 4.62. The summed E-state index contributed by atoms with van der Waals surface area (Å²) in [5.74, 6) is -0.207. The Balaban J connectivity index is 1.43. The quantitative estimate of drug-likeness (QED) is 0.622. The van der Waals surface area contributed by atoms with E-state index in [4.69, 9.17) is 5.10 Å². The molecule has 33 heavy (non-hydrogen) atoms. The molecule has 5 rings (SSSR count). The minimum Gasteiger partial charge on any atom is -0.349 e. The first kappa shape index (κ1) is 21.9. The number of amides is 1. The van der Waals surface area contributed by atoms with Gasteiger partial charge in [0.1, 0.15) is 0 Å². The predicted molar refractivity (Wildman–Crippen MR) is 126 cm³/mol. The molecule has 1 aromatic carbocycles. The van der Waals surface area contributed by atoms with Crippen molar-refractivity contribution < 1.29 is 13.2 Å². The molecule has 0 unspecified atom stereocenters. The van der Waals surface area contributed by atoms with Gasteiger partial charge in [-0.05, 0) is 51.8 Å². The van der Waals surface area contributed by atoms with Crippen molar-refractivity contribution in [1.82, 2.24) is 24.9 Å². The van der Waals surface area contributed by atoms with Crippen molar-refractivity contribution in [2.45, 2.75) is 51.6 Å². The molecule has 0 radical (unpaired) electrons. The van der Waals surface area contributed by atoms with Crippen LogP contribution in [0, 0.1) is 5.92 Å². The van der Waals surface area contributed by atoms with Crippen LogP contribution >= 0.6 is 0 Å². The van der Waals surface area contributed by atoms with Crippen LogP contribution < -0.4 is 5.32 Å². The lowest BCUT2D eigenvalue weighted by atomic mass is 9.84. The van der Waals surface area contributed by atoms with E-state index in [0.717, 1.165) is 35.5 Å². The number of benzene rings is 1. The topological polar surface area (TPSA) is 98.9 Å². The predicted octanol–water partition coefficient (Wildman–Crippen LogP) is 2.72. The average molecular weight is 468 g/mol. The summed E-state index contributed by atoms with van der Waals surface area (Å²) in [4.78, 5) is 13.0. The number of rotatable bonds is 5. The molecule has 1 aliphatic carbocycles. The zero-order valence-electron chi connectivity index (χ0n) is 19.2. The number of hydrogen-bond donors (Lipinski definition) is 1. The lowest BCUT2D eigenvalue weighted by molar-refractivity contribution is -0.126. The monoisotopic (exact) mass is 467 g/mol. The van der Waals surface area contributed by atoms with Gasteiger partial charge in [-0.3, -0.25) is 9.48 Å². The van der Waals surface area contributed by atoms with Gasteiger partial charge in [0.2, 0.25) is 5.91 Å². The van der Waals surface area contributed by atoms with Crippen LogP contribution in [0.2, 0.25) is 0 Å². The third-order valence-electron chi connectivity index (χ3n) is 6.55. The molecule has 1 amide bonds. The van der Waals surface area contributed by atoms with Gasteiger partial charge in [0.15, 0.2) is 9.84 Å². The second kappa shape index (κ2) is 7.83. The molecule has 3 aromatic rings. The molecule has 8 nitrogen and oxygen atoms in total. The molecule has 2 aliphatic rings. The van der Waals surface area contributed by atoms with E-state index >= 15 is 0 Å². The number of nitrogens with one attached hydrogen (secondary N) is 1. The Morgan fingerprint density at radius 1 is 1.24 bits per heavy atom. The van der Waals surface area contributed by atoms with Crippen LogP contribution in [-0.2, 0) is 27.5 Å². The molecular weight excluding hydrogens is 438 g/mol. The Hall–Kier alpha value is -2.94. The molecule has 1 fully saturated rings. The molecule has 0 saturated carbocycles. The molecule has 0 bridgehead atoms. The minimum absolute atomic E-state index is 0.0182. The van der Waals surface area contributed by atoms with Crippen LogP contribution in [0.1, 0.15) is 44.5 Å².